The van der Waals surface area contributed by atoms with Gasteiger partial charge in [-0.25, -0.2) is 14.6 Å². The molecule has 0 saturated carbocycles. The Balaban J connectivity index is 4.21. The second-order valence-electron chi connectivity index (χ2n) is 6.96. The first-order valence-electron chi connectivity index (χ1n) is 6.96. The summed E-state index contributed by atoms with van der Waals surface area (Å²) in [6.07, 6.45) is -0.850. The van der Waals surface area contributed by atoms with Gasteiger partial charge < -0.3 is 9.62 Å². The molecule has 0 amide bonds. The van der Waals surface area contributed by atoms with Gasteiger partial charge in [0.1, 0.15) is 5.60 Å². The van der Waals surface area contributed by atoms with Gasteiger partial charge >= 0.3 is 12.1 Å². The van der Waals surface area contributed by atoms with E-state index in [1.54, 1.807) is 13.8 Å². The highest BCUT2D eigenvalue weighted by Gasteiger charge is 2.29. The molecule has 0 rings (SSSR count). The lowest BCUT2D eigenvalue weighted by molar-refractivity contribution is -0.335. The van der Waals surface area contributed by atoms with Gasteiger partial charge in [0.15, 0.2) is 0 Å². The van der Waals surface area contributed by atoms with Crippen LogP contribution in [0.1, 0.15) is 54.9 Å². The third kappa shape index (κ3) is 10.0. The van der Waals surface area contributed by atoms with E-state index in [-0.39, 0.29) is 5.41 Å². The van der Waals surface area contributed by atoms with Crippen LogP contribution >= 0.6 is 0 Å². The van der Waals surface area contributed by atoms with Crippen LogP contribution in [0.3, 0.4) is 0 Å². The Kier molecular flexibility index (Phi) is 7.38. The summed E-state index contributed by atoms with van der Waals surface area (Å²) in [5.41, 5.74) is -0.628. The summed E-state index contributed by atoms with van der Waals surface area (Å²) in [5.74, 6) is -1.54. The van der Waals surface area contributed by atoms with Gasteiger partial charge in [0.05, 0.1) is 6.10 Å². The molecular formula is C15H26O7. The molecule has 0 radical (unpaired) electrons. The highest BCUT2D eigenvalue weighted by molar-refractivity contribution is 5.85. The minimum Gasteiger partial charge on any atom is -0.429 e. The fraction of sp³-hybridized carbons (Fsp3) is 0.733. The molecule has 128 valence electrons. The van der Waals surface area contributed by atoms with Crippen LogP contribution in [0.5, 0.6) is 0 Å². The molecule has 7 nitrogen and oxygen atoms in total. The van der Waals surface area contributed by atoms with E-state index in [1.807, 2.05) is 13.8 Å². The third-order valence-corrected chi connectivity index (χ3v) is 2.07. The van der Waals surface area contributed by atoms with E-state index < -0.39 is 29.6 Å². The summed E-state index contributed by atoms with van der Waals surface area (Å²) < 4.78 is 4.61. The van der Waals surface area contributed by atoms with Crippen LogP contribution in [0.25, 0.3) is 0 Å². The van der Waals surface area contributed by atoms with Gasteiger partial charge in [0.2, 0.25) is 5.76 Å². The number of hydrogen-bond acceptors (Lipinski definition) is 7. The number of hydrogen-bond donors (Lipinski definition) is 0. The van der Waals surface area contributed by atoms with Crippen molar-refractivity contribution in [3.05, 3.63) is 12.3 Å². The lowest BCUT2D eigenvalue weighted by atomic mass is 9.84. The first kappa shape index (κ1) is 20.2. The SMILES string of the molecule is C=C(OOC(C)(C)CC(C)(C)C)C(=O)OOC(=O)OC(C)C. The monoisotopic (exact) mass is 318 g/mol. The first-order valence-corrected chi connectivity index (χ1v) is 6.96. The summed E-state index contributed by atoms with van der Waals surface area (Å²) in [4.78, 5) is 40.9. The molecule has 0 atom stereocenters. The Hall–Kier alpha value is -1.76. The van der Waals surface area contributed by atoms with Crippen molar-refractivity contribution >= 4 is 12.1 Å². The van der Waals surface area contributed by atoms with Crippen LogP contribution in [0, 0.1) is 5.41 Å². The molecule has 0 aromatic carbocycles. The highest BCUT2D eigenvalue weighted by Crippen LogP contribution is 2.30. The molecule has 0 fully saturated rings. The molecule has 7 heteroatoms. The van der Waals surface area contributed by atoms with Crippen LogP contribution in [0.15, 0.2) is 12.3 Å². The fourth-order valence-corrected chi connectivity index (χ4v) is 1.83. The Bertz CT molecular complexity index is 405. The van der Waals surface area contributed by atoms with E-state index in [0.717, 1.165) is 0 Å². The zero-order valence-electron chi connectivity index (χ0n) is 14.3. The number of ether oxygens (including phenoxy) is 1. The Morgan fingerprint density at radius 2 is 1.55 bits per heavy atom. The molecule has 0 aliphatic heterocycles. The minimum atomic E-state index is -1.13. The molecule has 0 aliphatic rings. The molecule has 0 aromatic heterocycles. The standard InChI is InChI=1S/C15H26O7/c1-10(2)18-13(17)21-20-12(16)11(3)19-22-15(7,8)9-14(4,5)6/h10H,3,9H2,1-2,4-8H3. The van der Waals surface area contributed by atoms with Crippen molar-refractivity contribution in [1.82, 2.24) is 0 Å². The molecule has 0 unspecified atom stereocenters. The van der Waals surface area contributed by atoms with Crippen molar-refractivity contribution < 1.29 is 33.9 Å². The first-order chi connectivity index (χ1) is 9.82. The molecule has 0 aliphatic carbocycles. The maximum atomic E-state index is 11.5. The number of carbonyl (C=O) groups excluding carboxylic acids is 2. The lowest BCUT2D eigenvalue weighted by Gasteiger charge is -2.30. The zero-order chi connectivity index (χ0) is 17.6. The van der Waals surface area contributed by atoms with Gasteiger partial charge in [0, 0.05) is 0 Å². The second-order valence-corrected chi connectivity index (χ2v) is 6.96. The second kappa shape index (κ2) is 8.03. The maximum absolute atomic E-state index is 11.5. The topological polar surface area (TPSA) is 80.3 Å². The van der Waals surface area contributed by atoms with Gasteiger partial charge in [-0.2, -0.15) is 9.68 Å². The quantitative estimate of drug-likeness (QED) is 0.243. The van der Waals surface area contributed by atoms with Crippen molar-refractivity contribution in [2.75, 3.05) is 0 Å². The summed E-state index contributed by atoms with van der Waals surface area (Å²) in [5, 5.41) is 0. The van der Waals surface area contributed by atoms with E-state index in [1.165, 1.54) is 0 Å². The fourth-order valence-electron chi connectivity index (χ4n) is 1.83. The van der Waals surface area contributed by atoms with E-state index in [0.29, 0.717) is 6.42 Å². The maximum Gasteiger partial charge on any atom is 0.550 e. The van der Waals surface area contributed by atoms with Crippen molar-refractivity contribution in [1.29, 1.82) is 0 Å². The smallest absolute Gasteiger partial charge is 0.429 e. The predicted octanol–water partition coefficient (Wildman–Crippen LogP) is 3.68. The molecule has 0 heterocycles. The van der Waals surface area contributed by atoms with E-state index in [2.05, 4.69) is 41.9 Å². The van der Waals surface area contributed by atoms with E-state index in [9.17, 15) is 9.59 Å². The highest BCUT2D eigenvalue weighted by atomic mass is 17.3. The van der Waals surface area contributed by atoms with Crippen molar-refractivity contribution in [3.63, 3.8) is 0 Å². The summed E-state index contributed by atoms with van der Waals surface area (Å²) in [6.45, 7) is 16.4. The molecule has 0 aromatic rings. The lowest BCUT2D eigenvalue weighted by Crippen LogP contribution is -2.31. The molecule has 0 spiro atoms. The minimum absolute atomic E-state index is 0.0123. The van der Waals surface area contributed by atoms with Crippen molar-refractivity contribution in [2.24, 2.45) is 5.41 Å². The van der Waals surface area contributed by atoms with Crippen molar-refractivity contribution in [2.45, 2.75) is 66.6 Å². The predicted molar refractivity (Wildman–Crippen MR) is 78.3 cm³/mol. The summed E-state index contributed by atoms with van der Waals surface area (Å²) in [6, 6.07) is 0. The van der Waals surface area contributed by atoms with E-state index in [4.69, 9.17) is 9.78 Å². The van der Waals surface area contributed by atoms with Crippen molar-refractivity contribution in [3.8, 4) is 0 Å². The third-order valence-electron chi connectivity index (χ3n) is 2.07. The average Bonchev–Trinajstić information content (AvgIpc) is 2.29. The van der Waals surface area contributed by atoms with E-state index >= 15 is 0 Å². The van der Waals surface area contributed by atoms with Gasteiger partial charge in [-0.3, -0.25) is 0 Å². The molecular weight excluding hydrogens is 292 g/mol. The Labute approximate surface area is 131 Å². The van der Waals surface area contributed by atoms with Crippen LogP contribution in [0.2, 0.25) is 0 Å². The molecule has 22 heavy (non-hydrogen) atoms. The van der Waals surface area contributed by atoms with Crippen LogP contribution < -0.4 is 0 Å². The largest absolute Gasteiger partial charge is 0.550 e. The Morgan fingerprint density at radius 3 is 2.00 bits per heavy atom. The molecule has 0 N–H and O–H groups in total. The molecule has 0 bridgehead atoms. The van der Waals surface area contributed by atoms with Crippen LogP contribution in [-0.4, -0.2) is 23.8 Å². The van der Waals surface area contributed by atoms with Crippen LogP contribution in [-0.2, 0) is 29.1 Å². The summed E-state index contributed by atoms with van der Waals surface area (Å²) >= 11 is 0. The van der Waals surface area contributed by atoms with Gasteiger partial charge in [-0.15, -0.1) is 0 Å². The normalized spacial score (nSPS) is 11.8. The van der Waals surface area contributed by atoms with Crippen LogP contribution in [0.4, 0.5) is 4.79 Å². The zero-order valence-corrected chi connectivity index (χ0v) is 14.3. The van der Waals surface area contributed by atoms with Gasteiger partial charge in [-0.1, -0.05) is 20.8 Å². The van der Waals surface area contributed by atoms with Gasteiger partial charge in [0.25, 0.3) is 0 Å². The Morgan fingerprint density at radius 1 is 1.00 bits per heavy atom. The van der Waals surface area contributed by atoms with Gasteiger partial charge in [-0.05, 0) is 46.1 Å². The number of carbonyl (C=O) groups is 2. The average molecular weight is 318 g/mol. The molecule has 0 saturated heterocycles. The summed E-state index contributed by atoms with van der Waals surface area (Å²) in [7, 11) is 0. The number of rotatable bonds is 6.